The number of rotatable bonds is 10. The molecule has 11 heteroatoms. The quantitative estimate of drug-likeness (QED) is 0.213. The number of pyridine rings is 1. The molecule has 4 heterocycles. The topological polar surface area (TPSA) is 140 Å². The molecule has 0 amide bonds. The van der Waals surface area contributed by atoms with Crippen molar-refractivity contribution in [2.24, 2.45) is 12.8 Å². The molecule has 0 atom stereocenters. The van der Waals surface area contributed by atoms with E-state index in [9.17, 15) is 5.11 Å². The fourth-order valence-electron chi connectivity index (χ4n) is 4.57. The van der Waals surface area contributed by atoms with Crippen molar-refractivity contribution in [2.75, 3.05) is 57.9 Å². The van der Waals surface area contributed by atoms with E-state index in [1.165, 1.54) is 5.56 Å². The molecular weight excluding hydrogens is 520 g/mol. The third kappa shape index (κ3) is 9.53. The number of anilines is 1. The average molecular weight is 567 g/mol. The molecular formula is C30H46N8O3. The van der Waals surface area contributed by atoms with E-state index in [-0.39, 0.29) is 12.4 Å². The van der Waals surface area contributed by atoms with E-state index < -0.39 is 0 Å². The summed E-state index contributed by atoms with van der Waals surface area (Å²) in [5.74, 6) is 0.991. The number of nitrogens with one attached hydrogen (secondary N) is 1. The SMILES string of the molecule is CC.Cc1ccc(O)c(Cn2c(NCCCN3CCOCC3)nc3ccc(Cc4cnn(C)c4)cc32)n1.NCCO. The van der Waals surface area contributed by atoms with E-state index in [1.54, 1.807) is 6.07 Å². The Morgan fingerprint density at radius 2 is 1.83 bits per heavy atom. The van der Waals surface area contributed by atoms with Gasteiger partial charge < -0.3 is 30.6 Å². The highest BCUT2D eigenvalue weighted by atomic mass is 16.5. The lowest BCUT2D eigenvalue weighted by molar-refractivity contribution is 0.0378. The minimum Gasteiger partial charge on any atom is -0.506 e. The van der Waals surface area contributed by atoms with E-state index in [2.05, 4.69) is 43.1 Å². The predicted octanol–water partition coefficient (Wildman–Crippen LogP) is 2.92. The van der Waals surface area contributed by atoms with Crippen LogP contribution < -0.4 is 11.1 Å². The minimum atomic E-state index is 0.0972. The van der Waals surface area contributed by atoms with Crippen molar-refractivity contribution >= 4 is 17.0 Å². The summed E-state index contributed by atoms with van der Waals surface area (Å²) in [5.41, 5.74) is 10.6. The maximum atomic E-state index is 10.5. The second-order valence-electron chi connectivity index (χ2n) is 9.71. The smallest absolute Gasteiger partial charge is 0.204 e. The molecule has 5 rings (SSSR count). The van der Waals surface area contributed by atoms with Crippen molar-refractivity contribution in [3.05, 3.63) is 65.2 Å². The number of nitrogens with two attached hydrogens (primary N) is 1. The summed E-state index contributed by atoms with van der Waals surface area (Å²) < 4.78 is 9.39. The van der Waals surface area contributed by atoms with Crippen LogP contribution in [0.4, 0.5) is 5.95 Å². The summed E-state index contributed by atoms with van der Waals surface area (Å²) in [6.45, 7) is 12.3. The number of aromatic nitrogens is 5. The summed E-state index contributed by atoms with van der Waals surface area (Å²) in [7, 11) is 1.93. The van der Waals surface area contributed by atoms with Gasteiger partial charge in [0.25, 0.3) is 0 Å². The Labute approximate surface area is 243 Å². The highest BCUT2D eigenvalue weighted by Crippen LogP contribution is 2.26. The van der Waals surface area contributed by atoms with E-state index in [4.69, 9.17) is 20.6 Å². The molecule has 11 nitrogen and oxygen atoms in total. The molecule has 1 aliphatic heterocycles. The fourth-order valence-corrected chi connectivity index (χ4v) is 4.57. The van der Waals surface area contributed by atoms with Crippen molar-refractivity contribution in [3.63, 3.8) is 0 Å². The number of hydrogen-bond acceptors (Lipinski definition) is 9. The van der Waals surface area contributed by atoms with Gasteiger partial charge in [-0.1, -0.05) is 19.9 Å². The van der Waals surface area contributed by atoms with Crippen molar-refractivity contribution in [3.8, 4) is 5.75 Å². The van der Waals surface area contributed by atoms with Crippen molar-refractivity contribution in [1.82, 2.24) is 29.2 Å². The van der Waals surface area contributed by atoms with Crippen LogP contribution in [0.25, 0.3) is 11.0 Å². The first-order valence-corrected chi connectivity index (χ1v) is 14.4. The van der Waals surface area contributed by atoms with Gasteiger partial charge in [-0.25, -0.2) is 4.98 Å². The van der Waals surface area contributed by atoms with Crippen LogP contribution in [0.15, 0.2) is 42.7 Å². The van der Waals surface area contributed by atoms with Gasteiger partial charge in [-0.2, -0.15) is 5.10 Å². The van der Waals surface area contributed by atoms with Crippen LogP contribution in [0.3, 0.4) is 0 Å². The molecule has 1 aliphatic rings. The third-order valence-corrected chi connectivity index (χ3v) is 6.54. The van der Waals surface area contributed by atoms with Gasteiger partial charge in [-0.3, -0.25) is 14.6 Å². The first-order chi connectivity index (χ1) is 20.0. The molecule has 1 aromatic carbocycles. The maximum Gasteiger partial charge on any atom is 0.204 e. The lowest BCUT2D eigenvalue weighted by atomic mass is 10.1. The van der Waals surface area contributed by atoms with E-state index in [0.29, 0.717) is 18.8 Å². The lowest BCUT2D eigenvalue weighted by Crippen LogP contribution is -2.37. The van der Waals surface area contributed by atoms with Gasteiger partial charge in [0.05, 0.1) is 43.6 Å². The second-order valence-corrected chi connectivity index (χ2v) is 9.71. The predicted molar refractivity (Wildman–Crippen MR) is 163 cm³/mol. The fraction of sp³-hybridized carbons (Fsp3) is 0.500. The van der Waals surface area contributed by atoms with Gasteiger partial charge in [-0.15, -0.1) is 0 Å². The molecule has 41 heavy (non-hydrogen) atoms. The lowest BCUT2D eigenvalue weighted by Gasteiger charge is -2.26. The molecule has 4 aromatic rings. The molecule has 0 aliphatic carbocycles. The zero-order chi connectivity index (χ0) is 29.6. The summed E-state index contributed by atoms with van der Waals surface area (Å²) in [6.07, 6.45) is 5.75. The normalized spacial score (nSPS) is 13.3. The number of morpholine rings is 1. The number of ether oxygens (including phenoxy) is 1. The number of benzene rings is 1. The molecule has 0 unspecified atom stereocenters. The highest BCUT2D eigenvalue weighted by molar-refractivity contribution is 5.79. The Hall–Kier alpha value is -3.51. The summed E-state index contributed by atoms with van der Waals surface area (Å²) in [5, 5.41) is 26.0. The maximum absolute atomic E-state index is 10.5. The standard InChI is InChI=1S/C26H33N7O2.C2H7NO.C2H6/c1-19-4-7-25(34)23(29-19)18-33-24-15-20(14-21-16-28-31(2)17-21)5-6-22(24)30-26(33)27-8-3-9-32-10-12-35-13-11-32;3-1-2-4;1-2/h4-7,15-17,34H,3,8-14,18H2,1-2H3,(H,27,30);4H,1-3H2;1-2H3. The van der Waals surface area contributed by atoms with Gasteiger partial charge in [0.1, 0.15) is 11.4 Å². The Bertz CT molecular complexity index is 1330. The largest absolute Gasteiger partial charge is 0.506 e. The van der Waals surface area contributed by atoms with E-state index in [1.807, 2.05) is 51.0 Å². The van der Waals surface area contributed by atoms with E-state index >= 15 is 0 Å². The average Bonchev–Trinajstić information content (AvgIpc) is 3.56. The van der Waals surface area contributed by atoms with Gasteiger partial charge in [0.15, 0.2) is 0 Å². The van der Waals surface area contributed by atoms with Crippen LogP contribution in [0.5, 0.6) is 5.75 Å². The molecule has 0 saturated carbocycles. The van der Waals surface area contributed by atoms with Crippen molar-refractivity contribution < 1.29 is 14.9 Å². The molecule has 3 aromatic heterocycles. The van der Waals surface area contributed by atoms with Gasteiger partial charge in [0, 0.05) is 51.5 Å². The molecule has 0 spiro atoms. The summed E-state index contributed by atoms with van der Waals surface area (Å²) in [6, 6.07) is 9.90. The van der Waals surface area contributed by atoms with Crippen LogP contribution in [-0.4, -0.2) is 92.0 Å². The van der Waals surface area contributed by atoms with Crippen molar-refractivity contribution in [1.29, 1.82) is 0 Å². The molecule has 0 radical (unpaired) electrons. The van der Waals surface area contributed by atoms with Crippen LogP contribution in [0.1, 0.15) is 42.8 Å². The molecule has 1 saturated heterocycles. The zero-order valence-electron chi connectivity index (χ0n) is 24.9. The number of hydrogen-bond donors (Lipinski definition) is 4. The van der Waals surface area contributed by atoms with Crippen molar-refractivity contribution in [2.45, 2.75) is 40.2 Å². The highest BCUT2D eigenvalue weighted by Gasteiger charge is 2.15. The number of aryl methyl sites for hydroxylation is 2. The summed E-state index contributed by atoms with van der Waals surface area (Å²) in [4.78, 5) is 11.9. The van der Waals surface area contributed by atoms with Gasteiger partial charge in [0.2, 0.25) is 5.95 Å². The number of imidazole rings is 1. The third-order valence-electron chi connectivity index (χ3n) is 6.54. The zero-order valence-corrected chi connectivity index (χ0v) is 24.9. The number of nitrogens with zero attached hydrogens (tertiary/aromatic N) is 6. The number of aliphatic hydroxyl groups excluding tert-OH is 1. The second kappa shape index (κ2) is 16.7. The first-order valence-electron chi connectivity index (χ1n) is 14.4. The van der Waals surface area contributed by atoms with E-state index in [0.717, 1.165) is 80.5 Å². The minimum absolute atomic E-state index is 0.0972. The number of aromatic hydroxyl groups is 1. The first kappa shape index (κ1) is 32.0. The molecule has 224 valence electrons. The van der Waals surface area contributed by atoms with Crippen LogP contribution in [0, 0.1) is 6.92 Å². The Morgan fingerprint density at radius 3 is 2.51 bits per heavy atom. The van der Waals surface area contributed by atoms with Crippen LogP contribution >= 0.6 is 0 Å². The number of aliphatic hydroxyl groups is 1. The molecule has 0 bridgehead atoms. The monoisotopic (exact) mass is 566 g/mol. The van der Waals surface area contributed by atoms with Gasteiger partial charge >= 0.3 is 0 Å². The Kier molecular flexibility index (Phi) is 13.0. The molecule has 1 fully saturated rings. The number of fused-ring (bicyclic) bond motifs is 1. The molecule has 5 N–H and O–H groups in total. The Balaban J connectivity index is 0.000000710. The van der Waals surface area contributed by atoms with Crippen LogP contribution in [-0.2, 0) is 24.8 Å². The van der Waals surface area contributed by atoms with Gasteiger partial charge in [-0.05, 0) is 55.3 Å². The summed E-state index contributed by atoms with van der Waals surface area (Å²) >= 11 is 0. The Morgan fingerprint density at radius 1 is 1.07 bits per heavy atom. The van der Waals surface area contributed by atoms with Crippen LogP contribution in [0.2, 0.25) is 0 Å².